The van der Waals surface area contributed by atoms with Crippen LogP contribution in [0.25, 0.3) is 0 Å². The van der Waals surface area contributed by atoms with E-state index in [0.29, 0.717) is 13.0 Å². The first-order valence-corrected chi connectivity index (χ1v) is 8.75. The average Bonchev–Trinajstić information content (AvgIpc) is 2.49. The van der Waals surface area contributed by atoms with E-state index in [4.69, 9.17) is 14.2 Å². The van der Waals surface area contributed by atoms with Crippen LogP contribution in [0.4, 0.5) is 0 Å². The number of aliphatic hydroxyl groups is 1. The third-order valence-corrected chi connectivity index (χ3v) is 3.90. The molecule has 1 fully saturated rings. The lowest BCUT2D eigenvalue weighted by Crippen LogP contribution is -2.39. The van der Waals surface area contributed by atoms with Gasteiger partial charge in [0.25, 0.3) is 0 Å². The number of rotatable bonds is 9. The molecule has 24 heavy (non-hydrogen) atoms. The molecule has 0 aromatic carbocycles. The van der Waals surface area contributed by atoms with Crippen LogP contribution in [-0.2, 0) is 23.8 Å². The van der Waals surface area contributed by atoms with E-state index in [-0.39, 0.29) is 30.6 Å². The lowest BCUT2D eigenvalue weighted by Gasteiger charge is -2.32. The Morgan fingerprint density at radius 3 is 2.79 bits per heavy atom. The second-order valence-electron chi connectivity index (χ2n) is 6.15. The second-order valence-corrected chi connectivity index (χ2v) is 6.15. The summed E-state index contributed by atoms with van der Waals surface area (Å²) < 4.78 is 15.8. The maximum absolute atomic E-state index is 11.5. The van der Waals surface area contributed by atoms with E-state index in [2.05, 4.69) is 0 Å². The topological polar surface area (TPSA) is 82.1 Å². The Hall–Kier alpha value is -1.40. The predicted octanol–water partition coefficient (Wildman–Crippen LogP) is 2.53. The summed E-state index contributed by atoms with van der Waals surface area (Å²) in [6, 6.07) is 0. The lowest BCUT2D eigenvalue weighted by molar-refractivity contribution is -0.155. The van der Waals surface area contributed by atoms with Crippen LogP contribution in [0, 0.1) is 0 Å². The van der Waals surface area contributed by atoms with Crippen molar-refractivity contribution >= 4 is 11.9 Å². The number of allylic oxidation sites excluding steroid dienone is 1. The lowest BCUT2D eigenvalue weighted by atomic mass is 9.98. The highest BCUT2D eigenvalue weighted by Crippen LogP contribution is 2.23. The van der Waals surface area contributed by atoms with Gasteiger partial charge in [0.15, 0.2) is 0 Å². The van der Waals surface area contributed by atoms with Crippen molar-refractivity contribution in [2.45, 2.75) is 83.7 Å². The van der Waals surface area contributed by atoms with Crippen LogP contribution in [-0.4, -0.2) is 48.1 Å². The Morgan fingerprint density at radius 2 is 2.12 bits per heavy atom. The van der Waals surface area contributed by atoms with Crippen molar-refractivity contribution in [3.63, 3.8) is 0 Å². The number of esters is 2. The second kappa shape index (κ2) is 11.2. The van der Waals surface area contributed by atoms with Crippen molar-refractivity contribution in [2.75, 3.05) is 6.61 Å². The maximum Gasteiger partial charge on any atom is 0.308 e. The fourth-order valence-electron chi connectivity index (χ4n) is 2.73. The summed E-state index contributed by atoms with van der Waals surface area (Å²) in [5, 5.41) is 9.95. The molecule has 1 N–H and O–H groups in total. The van der Waals surface area contributed by atoms with Crippen LogP contribution in [0.15, 0.2) is 12.2 Å². The van der Waals surface area contributed by atoms with Gasteiger partial charge in [-0.15, -0.1) is 0 Å². The summed E-state index contributed by atoms with van der Waals surface area (Å²) in [5.74, 6) is -0.592. The minimum Gasteiger partial charge on any atom is -0.466 e. The largest absolute Gasteiger partial charge is 0.466 e. The van der Waals surface area contributed by atoms with E-state index in [0.717, 1.165) is 25.7 Å². The summed E-state index contributed by atoms with van der Waals surface area (Å²) >= 11 is 0. The van der Waals surface area contributed by atoms with Crippen LogP contribution in [0.1, 0.15) is 59.3 Å². The number of ether oxygens (including phenoxy) is 3. The van der Waals surface area contributed by atoms with Crippen molar-refractivity contribution in [3.05, 3.63) is 12.2 Å². The normalized spacial score (nSPS) is 25.4. The molecule has 0 aliphatic carbocycles. The van der Waals surface area contributed by atoms with Crippen LogP contribution in [0.5, 0.6) is 0 Å². The first-order valence-electron chi connectivity index (χ1n) is 8.75. The molecular formula is C18H30O6. The van der Waals surface area contributed by atoms with Gasteiger partial charge in [0.1, 0.15) is 0 Å². The summed E-state index contributed by atoms with van der Waals surface area (Å²) in [6.07, 6.45) is 6.81. The van der Waals surface area contributed by atoms with Crippen molar-refractivity contribution in [3.8, 4) is 0 Å². The van der Waals surface area contributed by atoms with Gasteiger partial charge in [-0.05, 0) is 46.0 Å². The van der Waals surface area contributed by atoms with Crippen LogP contribution >= 0.6 is 0 Å². The molecule has 6 nitrogen and oxygen atoms in total. The highest BCUT2D eigenvalue weighted by Gasteiger charge is 2.30. The molecule has 0 amide bonds. The zero-order valence-electron chi connectivity index (χ0n) is 14.9. The zero-order valence-corrected chi connectivity index (χ0v) is 14.9. The fraction of sp³-hybridized carbons (Fsp3) is 0.778. The molecule has 1 saturated heterocycles. The molecule has 0 aromatic heterocycles. The van der Waals surface area contributed by atoms with Gasteiger partial charge in [-0.1, -0.05) is 12.2 Å². The molecule has 1 aliphatic rings. The quantitative estimate of drug-likeness (QED) is 0.394. The van der Waals surface area contributed by atoms with Gasteiger partial charge in [0.05, 0.1) is 37.4 Å². The molecular weight excluding hydrogens is 312 g/mol. The van der Waals surface area contributed by atoms with E-state index in [1.165, 1.54) is 6.92 Å². The van der Waals surface area contributed by atoms with E-state index in [1.807, 2.05) is 19.1 Å². The number of hydrogen-bond acceptors (Lipinski definition) is 6. The van der Waals surface area contributed by atoms with Gasteiger partial charge in [-0.25, -0.2) is 0 Å². The molecule has 0 unspecified atom stereocenters. The number of hydrogen-bond donors (Lipinski definition) is 1. The summed E-state index contributed by atoms with van der Waals surface area (Å²) in [4.78, 5) is 22.4. The maximum atomic E-state index is 11.5. The van der Waals surface area contributed by atoms with Gasteiger partial charge < -0.3 is 19.3 Å². The smallest absolute Gasteiger partial charge is 0.308 e. The Kier molecular flexibility index (Phi) is 9.64. The molecule has 0 radical (unpaired) electrons. The van der Waals surface area contributed by atoms with Crippen LogP contribution in [0.2, 0.25) is 0 Å². The average molecular weight is 342 g/mol. The van der Waals surface area contributed by atoms with Gasteiger partial charge >= 0.3 is 11.9 Å². The van der Waals surface area contributed by atoms with Gasteiger partial charge in [0.2, 0.25) is 0 Å². The Labute approximate surface area is 144 Å². The molecule has 1 rings (SSSR count). The van der Waals surface area contributed by atoms with Gasteiger partial charge in [-0.3, -0.25) is 9.59 Å². The summed E-state index contributed by atoms with van der Waals surface area (Å²) in [6.45, 7) is 5.38. The predicted molar refractivity (Wildman–Crippen MR) is 89.4 cm³/mol. The minimum absolute atomic E-state index is 0.0639. The first kappa shape index (κ1) is 20.6. The van der Waals surface area contributed by atoms with Crippen molar-refractivity contribution in [1.29, 1.82) is 0 Å². The SMILES string of the molecule is CCOC(=O)C[C@H]1O[C@H](/C=C/CCC[C@@H](C)OC(C)=O)CC[C@@H]1O. The highest BCUT2D eigenvalue weighted by atomic mass is 16.5. The van der Waals surface area contributed by atoms with E-state index in [9.17, 15) is 14.7 Å². The molecule has 0 bridgehead atoms. The monoisotopic (exact) mass is 342 g/mol. The summed E-state index contributed by atoms with van der Waals surface area (Å²) in [7, 11) is 0. The number of carbonyl (C=O) groups excluding carboxylic acids is 2. The van der Waals surface area contributed by atoms with Gasteiger partial charge in [0, 0.05) is 6.92 Å². The highest BCUT2D eigenvalue weighted by molar-refractivity contribution is 5.70. The van der Waals surface area contributed by atoms with Crippen molar-refractivity contribution in [2.24, 2.45) is 0 Å². The van der Waals surface area contributed by atoms with Crippen molar-refractivity contribution in [1.82, 2.24) is 0 Å². The van der Waals surface area contributed by atoms with Crippen LogP contribution in [0.3, 0.4) is 0 Å². The third kappa shape index (κ3) is 8.45. The molecule has 0 saturated carbocycles. The third-order valence-electron chi connectivity index (χ3n) is 3.90. The first-order chi connectivity index (χ1) is 11.4. The summed E-state index contributed by atoms with van der Waals surface area (Å²) in [5.41, 5.74) is 0. The Bertz CT molecular complexity index is 420. The van der Waals surface area contributed by atoms with Crippen molar-refractivity contribution < 1.29 is 28.9 Å². The molecule has 4 atom stereocenters. The van der Waals surface area contributed by atoms with E-state index in [1.54, 1.807) is 6.92 Å². The van der Waals surface area contributed by atoms with E-state index >= 15 is 0 Å². The minimum atomic E-state index is -0.622. The van der Waals surface area contributed by atoms with Crippen LogP contribution < -0.4 is 0 Å². The van der Waals surface area contributed by atoms with Gasteiger partial charge in [-0.2, -0.15) is 0 Å². The Balaban J connectivity index is 2.29. The number of carbonyl (C=O) groups is 2. The molecule has 1 aliphatic heterocycles. The molecule has 0 spiro atoms. The fourth-order valence-corrected chi connectivity index (χ4v) is 2.73. The molecule has 138 valence electrons. The number of unbranched alkanes of at least 4 members (excludes halogenated alkanes) is 1. The molecule has 0 aromatic rings. The van der Waals surface area contributed by atoms with E-state index < -0.39 is 12.2 Å². The number of aliphatic hydroxyl groups excluding tert-OH is 1. The standard InChI is InChI=1S/C18H30O6/c1-4-22-18(21)12-17-16(20)11-10-15(24-17)9-7-5-6-8-13(2)23-14(3)19/h7,9,13,15-17,20H,4-6,8,10-12H2,1-3H3/b9-7+/t13-,15-,16+,17-/m1/s1. The molecule has 6 heteroatoms. The zero-order chi connectivity index (χ0) is 17.9. The Morgan fingerprint density at radius 1 is 1.38 bits per heavy atom. The molecule has 1 heterocycles.